The minimum atomic E-state index is -0.227. The first-order chi connectivity index (χ1) is 15.1. The molecule has 0 aliphatic heterocycles. The summed E-state index contributed by atoms with van der Waals surface area (Å²) in [6.45, 7) is 4.11. The summed E-state index contributed by atoms with van der Waals surface area (Å²) in [7, 11) is 1.57. The van der Waals surface area contributed by atoms with E-state index in [0.29, 0.717) is 22.5 Å². The summed E-state index contributed by atoms with van der Waals surface area (Å²) in [5.41, 5.74) is 5.77. The SMILES string of the molecule is CCCCc1ccc(-n2nc3ccc(NC(=O)c4cccc(C)c4OC)cc3n2)cc1. The first-order valence-electron chi connectivity index (χ1n) is 10.5. The predicted molar refractivity (Wildman–Crippen MR) is 123 cm³/mol. The van der Waals surface area contributed by atoms with E-state index in [2.05, 4.69) is 34.6 Å². The van der Waals surface area contributed by atoms with Crippen molar-refractivity contribution in [3.8, 4) is 11.4 Å². The van der Waals surface area contributed by atoms with Crippen LogP contribution in [0, 0.1) is 6.92 Å². The number of aryl methyl sites for hydroxylation is 2. The maximum Gasteiger partial charge on any atom is 0.259 e. The molecule has 0 radical (unpaired) electrons. The summed E-state index contributed by atoms with van der Waals surface area (Å²) >= 11 is 0. The van der Waals surface area contributed by atoms with Crippen LogP contribution in [0.3, 0.4) is 0 Å². The fourth-order valence-corrected chi connectivity index (χ4v) is 3.59. The van der Waals surface area contributed by atoms with Gasteiger partial charge in [0, 0.05) is 5.69 Å². The van der Waals surface area contributed by atoms with Gasteiger partial charge in [0.05, 0.1) is 18.4 Å². The molecule has 31 heavy (non-hydrogen) atoms. The normalized spacial score (nSPS) is 10.9. The average molecular weight is 415 g/mol. The molecule has 6 nitrogen and oxygen atoms in total. The quantitative estimate of drug-likeness (QED) is 0.444. The molecule has 0 aliphatic carbocycles. The number of rotatable bonds is 7. The van der Waals surface area contributed by atoms with Gasteiger partial charge in [-0.25, -0.2) is 0 Å². The lowest BCUT2D eigenvalue weighted by atomic mass is 10.1. The molecule has 0 saturated carbocycles. The molecule has 0 aliphatic rings. The van der Waals surface area contributed by atoms with Gasteiger partial charge in [-0.2, -0.15) is 4.80 Å². The van der Waals surface area contributed by atoms with Crippen molar-refractivity contribution in [1.82, 2.24) is 15.0 Å². The highest BCUT2D eigenvalue weighted by molar-refractivity contribution is 6.07. The third-order valence-corrected chi connectivity index (χ3v) is 5.29. The van der Waals surface area contributed by atoms with E-state index in [4.69, 9.17) is 4.74 Å². The molecule has 0 saturated heterocycles. The number of fused-ring (bicyclic) bond motifs is 1. The van der Waals surface area contributed by atoms with E-state index in [1.807, 2.05) is 49.4 Å². The van der Waals surface area contributed by atoms with E-state index >= 15 is 0 Å². The van der Waals surface area contributed by atoms with Crippen molar-refractivity contribution in [3.63, 3.8) is 0 Å². The molecule has 6 heteroatoms. The number of anilines is 1. The Balaban J connectivity index is 1.55. The molecular formula is C25H26N4O2. The van der Waals surface area contributed by atoms with Crippen LogP contribution in [0.5, 0.6) is 5.75 Å². The van der Waals surface area contributed by atoms with E-state index in [9.17, 15) is 4.79 Å². The van der Waals surface area contributed by atoms with Gasteiger partial charge in [-0.15, -0.1) is 10.2 Å². The van der Waals surface area contributed by atoms with Crippen molar-refractivity contribution in [2.24, 2.45) is 0 Å². The average Bonchev–Trinajstić information content (AvgIpc) is 3.21. The lowest BCUT2D eigenvalue weighted by molar-refractivity contribution is 0.102. The van der Waals surface area contributed by atoms with Crippen LogP contribution in [-0.2, 0) is 6.42 Å². The number of carbonyl (C=O) groups is 1. The second-order valence-electron chi connectivity index (χ2n) is 7.57. The van der Waals surface area contributed by atoms with Gasteiger partial charge in [-0.1, -0.05) is 37.6 Å². The highest BCUT2D eigenvalue weighted by Gasteiger charge is 2.15. The molecule has 158 valence electrons. The highest BCUT2D eigenvalue weighted by Crippen LogP contribution is 2.25. The van der Waals surface area contributed by atoms with Crippen molar-refractivity contribution < 1.29 is 9.53 Å². The van der Waals surface area contributed by atoms with Crippen LogP contribution in [0.25, 0.3) is 16.7 Å². The van der Waals surface area contributed by atoms with Crippen molar-refractivity contribution in [1.29, 1.82) is 0 Å². The third-order valence-electron chi connectivity index (χ3n) is 5.29. The van der Waals surface area contributed by atoms with Crippen LogP contribution in [0.4, 0.5) is 5.69 Å². The maximum absolute atomic E-state index is 12.8. The highest BCUT2D eigenvalue weighted by atomic mass is 16.5. The summed E-state index contributed by atoms with van der Waals surface area (Å²) in [6, 6.07) is 19.3. The molecule has 1 aromatic heterocycles. The summed E-state index contributed by atoms with van der Waals surface area (Å²) in [4.78, 5) is 14.4. The number of hydrogen-bond acceptors (Lipinski definition) is 4. The second-order valence-corrected chi connectivity index (χ2v) is 7.57. The zero-order valence-corrected chi connectivity index (χ0v) is 18.1. The van der Waals surface area contributed by atoms with Crippen molar-refractivity contribution in [2.75, 3.05) is 12.4 Å². The van der Waals surface area contributed by atoms with Gasteiger partial charge >= 0.3 is 0 Å². The molecule has 0 spiro atoms. The number of methoxy groups -OCH3 is 1. The van der Waals surface area contributed by atoms with Crippen LogP contribution in [0.1, 0.15) is 41.3 Å². The topological polar surface area (TPSA) is 69.0 Å². The Hall–Kier alpha value is -3.67. The van der Waals surface area contributed by atoms with E-state index in [1.54, 1.807) is 18.0 Å². The van der Waals surface area contributed by atoms with E-state index < -0.39 is 0 Å². The van der Waals surface area contributed by atoms with Gasteiger partial charge in [-0.3, -0.25) is 4.79 Å². The van der Waals surface area contributed by atoms with Crippen molar-refractivity contribution in [3.05, 3.63) is 77.4 Å². The van der Waals surface area contributed by atoms with Gasteiger partial charge in [0.15, 0.2) is 0 Å². The van der Waals surface area contributed by atoms with Crippen molar-refractivity contribution in [2.45, 2.75) is 33.1 Å². The van der Waals surface area contributed by atoms with E-state index in [0.717, 1.165) is 23.2 Å². The lowest BCUT2D eigenvalue weighted by Gasteiger charge is -2.11. The zero-order chi connectivity index (χ0) is 21.8. The third kappa shape index (κ3) is 4.43. The van der Waals surface area contributed by atoms with Crippen LogP contribution >= 0.6 is 0 Å². The molecule has 0 unspecified atom stereocenters. The molecule has 0 bridgehead atoms. The number of hydrogen-bond donors (Lipinski definition) is 1. The smallest absolute Gasteiger partial charge is 0.259 e. The molecule has 4 aromatic rings. The predicted octanol–water partition coefficient (Wildman–Crippen LogP) is 5.33. The van der Waals surface area contributed by atoms with Crippen molar-refractivity contribution >= 4 is 22.6 Å². The van der Waals surface area contributed by atoms with E-state index in [-0.39, 0.29) is 5.91 Å². The largest absolute Gasteiger partial charge is 0.496 e. The lowest BCUT2D eigenvalue weighted by Crippen LogP contribution is -2.13. The Morgan fingerprint density at radius 3 is 2.55 bits per heavy atom. The molecule has 0 fully saturated rings. The summed E-state index contributed by atoms with van der Waals surface area (Å²) < 4.78 is 5.40. The Morgan fingerprint density at radius 2 is 1.81 bits per heavy atom. The van der Waals surface area contributed by atoms with Crippen LogP contribution < -0.4 is 10.1 Å². The number of carbonyl (C=O) groups excluding carboxylic acids is 1. The molecule has 3 aromatic carbocycles. The number of ether oxygens (including phenoxy) is 1. The zero-order valence-electron chi connectivity index (χ0n) is 18.1. The minimum Gasteiger partial charge on any atom is -0.496 e. The van der Waals surface area contributed by atoms with Crippen LogP contribution in [0.2, 0.25) is 0 Å². The van der Waals surface area contributed by atoms with Gasteiger partial charge in [0.2, 0.25) is 0 Å². The number of amides is 1. The summed E-state index contributed by atoms with van der Waals surface area (Å²) in [6.07, 6.45) is 3.45. The summed E-state index contributed by atoms with van der Waals surface area (Å²) in [5.74, 6) is 0.351. The Labute approximate surface area is 181 Å². The van der Waals surface area contributed by atoms with Gasteiger partial charge < -0.3 is 10.1 Å². The Bertz CT molecular complexity index is 1210. The molecular weight excluding hydrogens is 388 g/mol. The van der Waals surface area contributed by atoms with Gasteiger partial charge in [0.1, 0.15) is 16.8 Å². The van der Waals surface area contributed by atoms with Crippen LogP contribution in [0.15, 0.2) is 60.7 Å². The second kappa shape index (κ2) is 9.00. The fraction of sp³-hybridized carbons (Fsp3) is 0.240. The standard InChI is InChI=1S/C25H26N4O2/c1-4-5-8-18-10-13-20(14-11-18)29-27-22-15-12-19(16-23(22)28-29)26-25(30)21-9-6-7-17(2)24(21)31-3/h6-7,9-16H,4-5,8H2,1-3H3,(H,26,30). The van der Waals surface area contributed by atoms with Gasteiger partial charge in [0.25, 0.3) is 5.91 Å². The van der Waals surface area contributed by atoms with Crippen LogP contribution in [-0.4, -0.2) is 28.0 Å². The maximum atomic E-state index is 12.8. The monoisotopic (exact) mass is 414 g/mol. The first kappa shape index (κ1) is 20.6. The molecule has 0 atom stereocenters. The fourth-order valence-electron chi connectivity index (χ4n) is 3.59. The Morgan fingerprint density at radius 1 is 1.03 bits per heavy atom. The van der Waals surface area contributed by atoms with E-state index in [1.165, 1.54) is 18.4 Å². The van der Waals surface area contributed by atoms with Gasteiger partial charge in [-0.05, 0) is 67.3 Å². The molecule has 1 heterocycles. The number of aromatic nitrogens is 3. The number of nitrogens with zero attached hydrogens (tertiary/aromatic N) is 3. The number of nitrogens with one attached hydrogen (secondary N) is 1. The summed E-state index contributed by atoms with van der Waals surface area (Å²) in [5, 5.41) is 12.1. The minimum absolute atomic E-state index is 0.227. The molecule has 4 rings (SSSR count). The number of benzene rings is 3. The first-order valence-corrected chi connectivity index (χ1v) is 10.5. The number of para-hydroxylation sites is 1. The molecule has 1 N–H and O–H groups in total. The molecule has 1 amide bonds. The number of unbranched alkanes of at least 4 members (excludes halogenated alkanes) is 1. The Kier molecular flexibility index (Phi) is 5.98.